The third-order valence-electron chi connectivity index (χ3n) is 1.40. The second kappa shape index (κ2) is 3.09. The molecule has 0 aliphatic rings. The van der Waals surface area contributed by atoms with Gasteiger partial charge in [0.2, 0.25) is 0 Å². The van der Waals surface area contributed by atoms with Crippen LogP contribution in [0.15, 0.2) is 10.8 Å². The molecule has 1 aromatic heterocycles. The fourth-order valence-electron chi connectivity index (χ4n) is 0.859. The topological polar surface area (TPSA) is 48.1 Å². The predicted octanol–water partition coefficient (Wildman–Crippen LogP) is 1.74. The highest BCUT2D eigenvalue weighted by Crippen LogP contribution is 2.30. The van der Waals surface area contributed by atoms with Crippen molar-refractivity contribution in [3.63, 3.8) is 0 Å². The lowest BCUT2D eigenvalue weighted by Crippen LogP contribution is -1.97. The molecule has 3 nitrogen and oxygen atoms in total. The van der Waals surface area contributed by atoms with Crippen molar-refractivity contribution in [3.8, 4) is 5.75 Å². The van der Waals surface area contributed by atoms with Crippen LogP contribution in [0.4, 0.5) is 5.69 Å². The minimum Gasteiger partial charge on any atom is -0.494 e. The zero-order valence-corrected chi connectivity index (χ0v) is 7.97. The molecule has 0 unspecified atom stereocenters. The molecular weight excluding hydrogens is 208 g/mol. The van der Waals surface area contributed by atoms with Crippen molar-refractivity contribution < 1.29 is 4.74 Å². The number of hydrogen-bond donors (Lipinski definition) is 1. The quantitative estimate of drug-likeness (QED) is 0.729. The Balaban J connectivity index is 3.29. The van der Waals surface area contributed by atoms with Gasteiger partial charge in [0.25, 0.3) is 0 Å². The molecule has 0 aromatic carbocycles. The van der Waals surface area contributed by atoms with Gasteiger partial charge in [-0.2, -0.15) is 0 Å². The van der Waals surface area contributed by atoms with Crippen molar-refractivity contribution in [1.82, 2.24) is 4.98 Å². The summed E-state index contributed by atoms with van der Waals surface area (Å²) in [5.74, 6) is 0.687. The Morgan fingerprint density at radius 1 is 1.64 bits per heavy atom. The number of aromatic nitrogens is 1. The first-order valence-corrected chi connectivity index (χ1v) is 3.90. The van der Waals surface area contributed by atoms with Crippen LogP contribution >= 0.6 is 15.9 Å². The van der Waals surface area contributed by atoms with E-state index in [1.807, 2.05) is 6.92 Å². The maximum absolute atomic E-state index is 5.66. The molecular formula is C7H9BrN2O. The largest absolute Gasteiger partial charge is 0.494 e. The highest BCUT2D eigenvalue weighted by Gasteiger charge is 2.06. The first kappa shape index (κ1) is 8.33. The second-order valence-corrected chi connectivity index (χ2v) is 2.93. The van der Waals surface area contributed by atoms with E-state index in [0.29, 0.717) is 16.0 Å². The molecule has 1 rings (SSSR count). The Bertz CT molecular complexity index is 275. The SMILES string of the molecule is COc1c(C)cnc(Br)c1N. The summed E-state index contributed by atoms with van der Waals surface area (Å²) < 4.78 is 5.69. The van der Waals surface area contributed by atoms with E-state index in [2.05, 4.69) is 20.9 Å². The second-order valence-electron chi connectivity index (χ2n) is 2.18. The van der Waals surface area contributed by atoms with Crippen molar-refractivity contribution in [1.29, 1.82) is 0 Å². The molecule has 1 aromatic rings. The molecule has 1 heterocycles. The van der Waals surface area contributed by atoms with E-state index in [-0.39, 0.29) is 0 Å². The Kier molecular flexibility index (Phi) is 2.34. The summed E-state index contributed by atoms with van der Waals surface area (Å²) >= 11 is 3.20. The lowest BCUT2D eigenvalue weighted by atomic mass is 10.2. The number of ether oxygens (including phenoxy) is 1. The van der Waals surface area contributed by atoms with Gasteiger partial charge in [-0.25, -0.2) is 4.98 Å². The normalized spacial score (nSPS) is 9.73. The van der Waals surface area contributed by atoms with Crippen LogP contribution in [-0.4, -0.2) is 12.1 Å². The lowest BCUT2D eigenvalue weighted by Gasteiger charge is -2.07. The summed E-state index contributed by atoms with van der Waals surface area (Å²) in [4.78, 5) is 4.00. The number of hydrogen-bond acceptors (Lipinski definition) is 3. The summed E-state index contributed by atoms with van der Waals surface area (Å²) in [6.07, 6.45) is 1.71. The van der Waals surface area contributed by atoms with Crippen molar-refractivity contribution in [2.75, 3.05) is 12.8 Å². The molecule has 0 aliphatic heterocycles. The Hall–Kier alpha value is -0.770. The number of aryl methyl sites for hydroxylation is 1. The molecule has 0 amide bonds. The summed E-state index contributed by atoms with van der Waals surface area (Å²) in [5, 5.41) is 0. The number of methoxy groups -OCH3 is 1. The summed E-state index contributed by atoms with van der Waals surface area (Å²) in [6.45, 7) is 1.90. The molecule has 11 heavy (non-hydrogen) atoms. The van der Waals surface area contributed by atoms with Gasteiger partial charge in [0.05, 0.1) is 7.11 Å². The van der Waals surface area contributed by atoms with Gasteiger partial charge >= 0.3 is 0 Å². The maximum atomic E-state index is 5.66. The molecule has 0 saturated carbocycles. The van der Waals surface area contributed by atoms with Crippen LogP contribution in [0.25, 0.3) is 0 Å². The number of anilines is 1. The van der Waals surface area contributed by atoms with E-state index in [0.717, 1.165) is 5.56 Å². The smallest absolute Gasteiger partial charge is 0.148 e. The van der Waals surface area contributed by atoms with Crippen LogP contribution in [-0.2, 0) is 0 Å². The van der Waals surface area contributed by atoms with Gasteiger partial charge in [0.15, 0.2) is 0 Å². The number of pyridine rings is 1. The van der Waals surface area contributed by atoms with Crippen LogP contribution < -0.4 is 10.5 Å². The van der Waals surface area contributed by atoms with E-state index in [9.17, 15) is 0 Å². The molecule has 0 saturated heterocycles. The van der Waals surface area contributed by atoms with Gasteiger partial charge in [-0.05, 0) is 22.9 Å². The van der Waals surface area contributed by atoms with E-state index >= 15 is 0 Å². The third kappa shape index (κ3) is 1.45. The molecule has 4 heteroatoms. The Labute approximate surface area is 73.7 Å². The average molecular weight is 217 g/mol. The predicted molar refractivity (Wildman–Crippen MR) is 47.6 cm³/mol. The number of nitrogen functional groups attached to an aromatic ring is 1. The van der Waals surface area contributed by atoms with E-state index in [4.69, 9.17) is 10.5 Å². The van der Waals surface area contributed by atoms with Crippen LogP contribution in [0.3, 0.4) is 0 Å². The van der Waals surface area contributed by atoms with Crippen molar-refractivity contribution >= 4 is 21.6 Å². The fourth-order valence-corrected chi connectivity index (χ4v) is 1.14. The maximum Gasteiger partial charge on any atom is 0.148 e. The number of rotatable bonds is 1. The van der Waals surface area contributed by atoms with Crippen LogP contribution in [0.5, 0.6) is 5.75 Å². The zero-order chi connectivity index (χ0) is 8.43. The molecule has 0 aliphatic carbocycles. The fraction of sp³-hybridized carbons (Fsp3) is 0.286. The molecule has 0 spiro atoms. The van der Waals surface area contributed by atoms with Crippen LogP contribution in [0.1, 0.15) is 5.56 Å². The highest BCUT2D eigenvalue weighted by atomic mass is 79.9. The van der Waals surface area contributed by atoms with Gasteiger partial charge in [-0.3, -0.25) is 0 Å². The summed E-state index contributed by atoms with van der Waals surface area (Å²) in [5.41, 5.74) is 7.15. The minimum absolute atomic E-state index is 0.549. The molecule has 2 N–H and O–H groups in total. The van der Waals surface area contributed by atoms with Crippen LogP contribution in [0, 0.1) is 6.92 Å². The Morgan fingerprint density at radius 2 is 2.27 bits per heavy atom. The van der Waals surface area contributed by atoms with E-state index in [1.165, 1.54) is 0 Å². The van der Waals surface area contributed by atoms with Gasteiger partial charge in [0, 0.05) is 11.8 Å². The summed E-state index contributed by atoms with van der Waals surface area (Å²) in [7, 11) is 1.59. The van der Waals surface area contributed by atoms with Gasteiger partial charge in [-0.1, -0.05) is 0 Å². The van der Waals surface area contributed by atoms with Crippen LogP contribution in [0.2, 0.25) is 0 Å². The first-order valence-electron chi connectivity index (χ1n) is 3.11. The van der Waals surface area contributed by atoms with E-state index < -0.39 is 0 Å². The highest BCUT2D eigenvalue weighted by molar-refractivity contribution is 9.10. The van der Waals surface area contributed by atoms with Gasteiger partial charge in [0.1, 0.15) is 16.0 Å². The molecule has 0 bridgehead atoms. The number of nitrogens with two attached hydrogens (primary N) is 1. The van der Waals surface area contributed by atoms with Gasteiger partial charge in [-0.15, -0.1) is 0 Å². The standard InChI is InChI=1S/C7H9BrN2O/c1-4-3-10-7(8)5(9)6(4)11-2/h3H,9H2,1-2H3. The molecule has 0 radical (unpaired) electrons. The van der Waals surface area contributed by atoms with E-state index in [1.54, 1.807) is 13.3 Å². The molecule has 0 atom stereocenters. The molecule has 0 fully saturated rings. The minimum atomic E-state index is 0.549. The summed E-state index contributed by atoms with van der Waals surface area (Å²) in [6, 6.07) is 0. The lowest BCUT2D eigenvalue weighted by molar-refractivity contribution is 0.413. The Morgan fingerprint density at radius 3 is 2.73 bits per heavy atom. The molecule has 60 valence electrons. The number of halogens is 1. The average Bonchev–Trinajstić information content (AvgIpc) is 1.99. The van der Waals surface area contributed by atoms with Gasteiger partial charge < -0.3 is 10.5 Å². The first-order chi connectivity index (χ1) is 5.16. The van der Waals surface area contributed by atoms with Crippen molar-refractivity contribution in [2.45, 2.75) is 6.92 Å². The monoisotopic (exact) mass is 216 g/mol. The zero-order valence-electron chi connectivity index (χ0n) is 6.39. The third-order valence-corrected chi connectivity index (χ3v) is 2.03. The van der Waals surface area contributed by atoms with Crippen molar-refractivity contribution in [2.24, 2.45) is 0 Å². The van der Waals surface area contributed by atoms with Crippen molar-refractivity contribution in [3.05, 3.63) is 16.4 Å². The number of nitrogens with zero attached hydrogens (tertiary/aromatic N) is 1.